The van der Waals surface area contributed by atoms with E-state index in [0.717, 1.165) is 31.8 Å². The minimum absolute atomic E-state index is 0.228. The quantitative estimate of drug-likeness (QED) is 0.829. The van der Waals surface area contributed by atoms with Gasteiger partial charge in [0.25, 0.3) is 0 Å². The second kappa shape index (κ2) is 7.57. The number of hydrogen-bond acceptors (Lipinski definition) is 3. The minimum Gasteiger partial charge on any atom is -0.383 e. The average Bonchev–Trinajstić information content (AvgIpc) is 2.47. The number of carbonyl (C=O) groups is 1. The SMILES string of the molecule is COCCN1C(C)CN(C(=O)Cc2ccccc2)CC1C. The van der Waals surface area contributed by atoms with Gasteiger partial charge in [0.2, 0.25) is 5.91 Å². The smallest absolute Gasteiger partial charge is 0.227 e. The third-order valence-corrected chi connectivity index (χ3v) is 4.21. The molecule has 2 atom stereocenters. The molecule has 1 aliphatic rings. The second-order valence-corrected chi connectivity index (χ2v) is 5.89. The van der Waals surface area contributed by atoms with Gasteiger partial charge in [0.05, 0.1) is 13.0 Å². The molecule has 21 heavy (non-hydrogen) atoms. The summed E-state index contributed by atoms with van der Waals surface area (Å²) in [6.07, 6.45) is 0.498. The normalized spacial score (nSPS) is 23.3. The van der Waals surface area contributed by atoms with E-state index in [1.54, 1.807) is 7.11 Å². The summed E-state index contributed by atoms with van der Waals surface area (Å²) in [5.74, 6) is 0.228. The van der Waals surface area contributed by atoms with Crippen molar-refractivity contribution in [1.29, 1.82) is 0 Å². The molecule has 4 nitrogen and oxygen atoms in total. The summed E-state index contributed by atoms with van der Waals surface area (Å²) < 4.78 is 5.17. The maximum Gasteiger partial charge on any atom is 0.227 e. The van der Waals surface area contributed by atoms with E-state index in [0.29, 0.717) is 18.5 Å². The van der Waals surface area contributed by atoms with Gasteiger partial charge in [-0.05, 0) is 19.4 Å². The van der Waals surface area contributed by atoms with Crippen LogP contribution in [0.1, 0.15) is 19.4 Å². The van der Waals surface area contributed by atoms with Crippen molar-refractivity contribution in [3.63, 3.8) is 0 Å². The molecule has 0 saturated carbocycles. The van der Waals surface area contributed by atoms with Crippen molar-refractivity contribution in [2.24, 2.45) is 0 Å². The van der Waals surface area contributed by atoms with Crippen LogP contribution in [0, 0.1) is 0 Å². The highest BCUT2D eigenvalue weighted by molar-refractivity contribution is 5.79. The highest BCUT2D eigenvalue weighted by Gasteiger charge is 2.31. The Balaban J connectivity index is 1.92. The van der Waals surface area contributed by atoms with Gasteiger partial charge in [-0.25, -0.2) is 0 Å². The maximum atomic E-state index is 12.5. The monoisotopic (exact) mass is 290 g/mol. The highest BCUT2D eigenvalue weighted by atomic mass is 16.5. The van der Waals surface area contributed by atoms with Crippen LogP contribution in [0.25, 0.3) is 0 Å². The first-order valence-corrected chi connectivity index (χ1v) is 7.68. The first-order valence-electron chi connectivity index (χ1n) is 7.68. The minimum atomic E-state index is 0.228. The average molecular weight is 290 g/mol. The van der Waals surface area contributed by atoms with Gasteiger partial charge in [-0.2, -0.15) is 0 Å². The largest absolute Gasteiger partial charge is 0.383 e. The van der Waals surface area contributed by atoms with Crippen LogP contribution in [0.2, 0.25) is 0 Å². The molecule has 1 fully saturated rings. The molecular formula is C17H26N2O2. The summed E-state index contributed by atoms with van der Waals surface area (Å²) >= 11 is 0. The molecule has 1 aliphatic heterocycles. The number of ether oxygens (including phenoxy) is 1. The standard InChI is InChI=1S/C17H26N2O2/c1-14-12-18(13-15(2)19(14)9-10-21-3)17(20)11-16-7-5-4-6-8-16/h4-8,14-15H,9-13H2,1-3H3. The van der Waals surface area contributed by atoms with Gasteiger partial charge in [-0.3, -0.25) is 9.69 Å². The van der Waals surface area contributed by atoms with Crippen molar-refractivity contribution in [1.82, 2.24) is 9.80 Å². The number of nitrogens with zero attached hydrogens (tertiary/aromatic N) is 2. The topological polar surface area (TPSA) is 32.8 Å². The summed E-state index contributed by atoms with van der Waals surface area (Å²) in [5.41, 5.74) is 1.09. The van der Waals surface area contributed by atoms with Crippen LogP contribution in [0.5, 0.6) is 0 Å². The van der Waals surface area contributed by atoms with Crippen molar-refractivity contribution in [2.45, 2.75) is 32.4 Å². The lowest BCUT2D eigenvalue weighted by Gasteiger charge is -2.44. The zero-order valence-electron chi connectivity index (χ0n) is 13.3. The molecule has 0 spiro atoms. The van der Waals surface area contributed by atoms with Gasteiger partial charge < -0.3 is 9.64 Å². The lowest BCUT2D eigenvalue weighted by Crippen LogP contribution is -2.58. The van der Waals surface area contributed by atoms with Gasteiger partial charge in [0.1, 0.15) is 0 Å². The second-order valence-electron chi connectivity index (χ2n) is 5.89. The Morgan fingerprint density at radius 3 is 2.38 bits per heavy atom. The Morgan fingerprint density at radius 2 is 1.81 bits per heavy atom. The van der Waals surface area contributed by atoms with Crippen molar-refractivity contribution in [3.05, 3.63) is 35.9 Å². The fraction of sp³-hybridized carbons (Fsp3) is 0.588. The van der Waals surface area contributed by atoms with E-state index in [9.17, 15) is 4.79 Å². The molecule has 1 amide bonds. The van der Waals surface area contributed by atoms with Gasteiger partial charge >= 0.3 is 0 Å². The number of piperazine rings is 1. The van der Waals surface area contributed by atoms with Crippen molar-refractivity contribution >= 4 is 5.91 Å². The maximum absolute atomic E-state index is 12.5. The van der Waals surface area contributed by atoms with E-state index in [1.165, 1.54) is 0 Å². The summed E-state index contributed by atoms with van der Waals surface area (Å²) in [6.45, 7) is 7.66. The third kappa shape index (κ3) is 4.29. The highest BCUT2D eigenvalue weighted by Crippen LogP contribution is 2.16. The van der Waals surface area contributed by atoms with Gasteiger partial charge in [0.15, 0.2) is 0 Å². The van der Waals surface area contributed by atoms with Crippen molar-refractivity contribution in [2.75, 3.05) is 33.4 Å². The Bertz CT molecular complexity index is 437. The fourth-order valence-electron chi connectivity index (χ4n) is 3.08. The number of benzene rings is 1. The summed E-state index contributed by atoms with van der Waals surface area (Å²) in [4.78, 5) is 16.9. The Kier molecular flexibility index (Phi) is 5.76. The van der Waals surface area contributed by atoms with Gasteiger partial charge in [-0.1, -0.05) is 30.3 Å². The molecule has 2 rings (SSSR count). The van der Waals surface area contributed by atoms with E-state index >= 15 is 0 Å². The summed E-state index contributed by atoms with van der Waals surface area (Å²) in [5, 5.41) is 0. The van der Waals surface area contributed by atoms with Crippen molar-refractivity contribution < 1.29 is 9.53 Å². The summed E-state index contributed by atoms with van der Waals surface area (Å²) in [7, 11) is 1.73. The van der Waals surface area contributed by atoms with E-state index in [-0.39, 0.29) is 5.91 Å². The van der Waals surface area contributed by atoms with Gasteiger partial charge in [-0.15, -0.1) is 0 Å². The van der Waals surface area contributed by atoms with Crippen LogP contribution in [0.15, 0.2) is 30.3 Å². The number of hydrogen-bond donors (Lipinski definition) is 0. The predicted molar refractivity (Wildman–Crippen MR) is 84.2 cm³/mol. The zero-order chi connectivity index (χ0) is 15.2. The molecule has 4 heteroatoms. The molecule has 116 valence electrons. The molecule has 0 radical (unpaired) electrons. The van der Waals surface area contributed by atoms with E-state index in [4.69, 9.17) is 4.74 Å². The molecular weight excluding hydrogens is 264 g/mol. The van der Waals surface area contributed by atoms with E-state index < -0.39 is 0 Å². The first-order chi connectivity index (χ1) is 10.1. The van der Waals surface area contributed by atoms with E-state index in [1.807, 2.05) is 35.2 Å². The molecule has 0 N–H and O–H groups in total. The lowest BCUT2D eigenvalue weighted by atomic mass is 10.1. The Labute approximate surface area is 127 Å². The van der Waals surface area contributed by atoms with Crippen LogP contribution in [-0.4, -0.2) is 61.1 Å². The molecule has 1 heterocycles. The molecule has 2 unspecified atom stereocenters. The van der Waals surface area contributed by atoms with Crippen LogP contribution in [-0.2, 0) is 16.0 Å². The van der Waals surface area contributed by atoms with Crippen LogP contribution < -0.4 is 0 Å². The first kappa shape index (κ1) is 16.0. The summed E-state index contributed by atoms with van der Waals surface area (Å²) in [6, 6.07) is 10.7. The zero-order valence-corrected chi connectivity index (χ0v) is 13.3. The molecule has 1 saturated heterocycles. The lowest BCUT2D eigenvalue weighted by molar-refractivity contribution is -0.135. The third-order valence-electron chi connectivity index (χ3n) is 4.21. The number of amides is 1. The van der Waals surface area contributed by atoms with Crippen LogP contribution >= 0.6 is 0 Å². The molecule has 1 aromatic rings. The number of methoxy groups -OCH3 is 1. The van der Waals surface area contributed by atoms with Crippen LogP contribution in [0.3, 0.4) is 0 Å². The molecule has 0 aromatic heterocycles. The van der Waals surface area contributed by atoms with Crippen LogP contribution in [0.4, 0.5) is 0 Å². The Morgan fingerprint density at radius 1 is 1.19 bits per heavy atom. The van der Waals surface area contributed by atoms with E-state index in [2.05, 4.69) is 18.7 Å². The number of carbonyl (C=O) groups excluding carboxylic acids is 1. The Hall–Kier alpha value is -1.39. The predicted octanol–water partition coefficient (Wildman–Crippen LogP) is 1.80. The van der Waals surface area contributed by atoms with Gasteiger partial charge in [0, 0.05) is 38.8 Å². The molecule has 0 aliphatic carbocycles. The van der Waals surface area contributed by atoms with Crippen molar-refractivity contribution in [3.8, 4) is 0 Å². The number of rotatable bonds is 5. The molecule has 0 bridgehead atoms. The molecule has 1 aromatic carbocycles. The fourth-order valence-corrected chi connectivity index (χ4v) is 3.08.